The van der Waals surface area contributed by atoms with Crippen LogP contribution in [-0.2, 0) is 0 Å². The van der Waals surface area contributed by atoms with Crippen molar-refractivity contribution < 1.29 is 0 Å². The molecule has 2 aromatic rings. The summed E-state index contributed by atoms with van der Waals surface area (Å²) in [5, 5.41) is 0. The molecule has 0 fully saturated rings. The average Bonchev–Trinajstić information content (AvgIpc) is 2.20. The maximum atomic E-state index is 5.59. The van der Waals surface area contributed by atoms with Gasteiger partial charge in [0.15, 0.2) is 0 Å². The van der Waals surface area contributed by atoms with Gasteiger partial charge < -0.3 is 5.73 Å². The Kier molecular flexibility index (Phi) is 3.48. The molecule has 2 rings (SSSR count). The zero-order valence-corrected chi connectivity index (χ0v) is 8.37. The minimum atomic E-state index is 0. The van der Waals surface area contributed by atoms with Crippen LogP contribution >= 0.6 is 12.4 Å². The van der Waals surface area contributed by atoms with Crippen LogP contribution in [0.2, 0.25) is 0 Å². The van der Waals surface area contributed by atoms with E-state index in [4.69, 9.17) is 5.73 Å². The zero-order valence-electron chi connectivity index (χ0n) is 7.55. The monoisotopic (exact) mass is 206 g/mol. The Morgan fingerprint density at radius 3 is 1.86 bits per heavy atom. The summed E-state index contributed by atoms with van der Waals surface area (Å²) in [6.45, 7) is 0. The molecule has 0 unspecified atom stereocenters. The third-order valence-corrected chi connectivity index (χ3v) is 1.92. The first-order chi connectivity index (χ1) is 6.36. The van der Waals surface area contributed by atoms with E-state index in [0.717, 1.165) is 16.8 Å². The second-order valence-corrected chi connectivity index (χ2v) is 2.86. The molecule has 0 atom stereocenters. The topological polar surface area (TPSA) is 38.9 Å². The van der Waals surface area contributed by atoms with Crippen molar-refractivity contribution >= 4 is 18.1 Å². The van der Waals surface area contributed by atoms with Crippen LogP contribution in [0.1, 0.15) is 0 Å². The molecule has 2 nitrogen and oxygen atoms in total. The molecule has 0 radical (unpaired) electrons. The molecule has 1 aromatic carbocycles. The van der Waals surface area contributed by atoms with Gasteiger partial charge in [-0.2, -0.15) is 0 Å². The number of pyridine rings is 1. The predicted octanol–water partition coefficient (Wildman–Crippen LogP) is 2.75. The van der Waals surface area contributed by atoms with E-state index in [1.165, 1.54) is 0 Å². The highest BCUT2D eigenvalue weighted by atomic mass is 35.5. The highest BCUT2D eigenvalue weighted by Crippen LogP contribution is 2.18. The Bertz CT molecular complexity index is 384. The maximum absolute atomic E-state index is 5.59. The van der Waals surface area contributed by atoms with Crippen LogP contribution in [0.3, 0.4) is 0 Å². The number of hydrogen-bond donors (Lipinski definition) is 1. The normalized spacial score (nSPS) is 9.14. The molecule has 2 N–H and O–H groups in total. The van der Waals surface area contributed by atoms with E-state index >= 15 is 0 Å². The first kappa shape index (κ1) is 10.5. The third kappa shape index (κ3) is 2.24. The fourth-order valence-electron chi connectivity index (χ4n) is 1.22. The molecule has 0 saturated carbocycles. The number of nitrogen functional groups attached to an aromatic ring is 1. The van der Waals surface area contributed by atoms with Crippen molar-refractivity contribution in [2.24, 2.45) is 0 Å². The molecular weight excluding hydrogens is 196 g/mol. The summed E-state index contributed by atoms with van der Waals surface area (Å²) < 4.78 is 0. The van der Waals surface area contributed by atoms with Crippen molar-refractivity contribution in [2.75, 3.05) is 5.73 Å². The Labute approximate surface area is 89.2 Å². The molecule has 0 bridgehead atoms. The minimum Gasteiger partial charge on any atom is -0.399 e. The van der Waals surface area contributed by atoms with Gasteiger partial charge in [-0.15, -0.1) is 12.4 Å². The summed E-state index contributed by atoms with van der Waals surface area (Å²) >= 11 is 0. The van der Waals surface area contributed by atoms with E-state index in [1.807, 2.05) is 36.4 Å². The number of aromatic nitrogens is 1. The summed E-state index contributed by atoms with van der Waals surface area (Å²) in [5.41, 5.74) is 8.71. The molecule has 1 aromatic heterocycles. The van der Waals surface area contributed by atoms with E-state index in [0.29, 0.717) is 0 Å². The lowest BCUT2D eigenvalue weighted by Crippen LogP contribution is -1.83. The van der Waals surface area contributed by atoms with Crippen LogP contribution in [0.15, 0.2) is 48.8 Å². The fraction of sp³-hybridized carbons (Fsp3) is 0. The van der Waals surface area contributed by atoms with Crippen LogP contribution in [0, 0.1) is 0 Å². The molecule has 72 valence electrons. The van der Waals surface area contributed by atoms with Gasteiger partial charge in [0.25, 0.3) is 0 Å². The van der Waals surface area contributed by atoms with Gasteiger partial charge in [-0.1, -0.05) is 12.1 Å². The number of nitrogens with two attached hydrogens (primary N) is 1. The third-order valence-electron chi connectivity index (χ3n) is 1.92. The standard InChI is InChI=1S/C11H10N2.ClH/c12-11-3-1-9(2-4-11)10-5-7-13-8-6-10;/h1-8H,12H2;1H. The van der Waals surface area contributed by atoms with Gasteiger partial charge in [0.05, 0.1) is 0 Å². The minimum absolute atomic E-state index is 0. The average molecular weight is 207 g/mol. The van der Waals surface area contributed by atoms with Crippen LogP contribution in [0.25, 0.3) is 11.1 Å². The van der Waals surface area contributed by atoms with Gasteiger partial charge in [-0.3, -0.25) is 4.98 Å². The fourth-order valence-corrected chi connectivity index (χ4v) is 1.22. The molecule has 0 saturated heterocycles. The van der Waals surface area contributed by atoms with Gasteiger partial charge in [0, 0.05) is 18.1 Å². The molecule has 0 aliphatic rings. The summed E-state index contributed by atoms with van der Waals surface area (Å²) in [6.07, 6.45) is 3.57. The Balaban J connectivity index is 0.000000980. The highest BCUT2D eigenvalue weighted by molar-refractivity contribution is 5.85. The first-order valence-electron chi connectivity index (χ1n) is 4.12. The number of nitrogens with zero attached hydrogens (tertiary/aromatic N) is 1. The van der Waals surface area contributed by atoms with Crippen LogP contribution < -0.4 is 5.73 Å². The Hall–Kier alpha value is -1.54. The number of anilines is 1. The summed E-state index contributed by atoms with van der Waals surface area (Å²) in [5.74, 6) is 0. The van der Waals surface area contributed by atoms with Crippen LogP contribution in [-0.4, -0.2) is 4.98 Å². The quantitative estimate of drug-likeness (QED) is 0.729. The molecule has 1 heterocycles. The number of benzene rings is 1. The number of halogens is 1. The molecular formula is C11H11ClN2. The smallest absolute Gasteiger partial charge is 0.0314 e. The van der Waals surface area contributed by atoms with Crippen molar-refractivity contribution in [1.82, 2.24) is 4.98 Å². The zero-order chi connectivity index (χ0) is 9.10. The summed E-state index contributed by atoms with van der Waals surface area (Å²) in [7, 11) is 0. The van der Waals surface area contributed by atoms with Crippen molar-refractivity contribution in [3.05, 3.63) is 48.8 Å². The van der Waals surface area contributed by atoms with E-state index in [2.05, 4.69) is 4.98 Å². The number of rotatable bonds is 1. The molecule has 14 heavy (non-hydrogen) atoms. The van der Waals surface area contributed by atoms with Gasteiger partial charge in [0.1, 0.15) is 0 Å². The van der Waals surface area contributed by atoms with Crippen molar-refractivity contribution in [1.29, 1.82) is 0 Å². The second-order valence-electron chi connectivity index (χ2n) is 2.86. The summed E-state index contributed by atoms with van der Waals surface area (Å²) in [6, 6.07) is 11.8. The second kappa shape index (κ2) is 4.63. The highest BCUT2D eigenvalue weighted by Gasteiger charge is 1.94. The van der Waals surface area contributed by atoms with Crippen LogP contribution in [0.4, 0.5) is 5.69 Å². The van der Waals surface area contributed by atoms with Gasteiger partial charge >= 0.3 is 0 Å². The van der Waals surface area contributed by atoms with Crippen molar-refractivity contribution in [3.8, 4) is 11.1 Å². The lowest BCUT2D eigenvalue weighted by Gasteiger charge is -2.00. The van der Waals surface area contributed by atoms with E-state index in [1.54, 1.807) is 12.4 Å². The van der Waals surface area contributed by atoms with Gasteiger partial charge in [-0.25, -0.2) is 0 Å². The van der Waals surface area contributed by atoms with E-state index in [-0.39, 0.29) is 12.4 Å². The van der Waals surface area contributed by atoms with Gasteiger partial charge in [0.2, 0.25) is 0 Å². The number of hydrogen-bond acceptors (Lipinski definition) is 2. The van der Waals surface area contributed by atoms with Gasteiger partial charge in [-0.05, 0) is 35.4 Å². The largest absolute Gasteiger partial charge is 0.399 e. The molecule has 3 heteroatoms. The predicted molar refractivity (Wildman–Crippen MR) is 61.3 cm³/mol. The Morgan fingerprint density at radius 1 is 0.786 bits per heavy atom. The SMILES string of the molecule is Cl.Nc1ccc(-c2ccncc2)cc1. The van der Waals surface area contributed by atoms with E-state index in [9.17, 15) is 0 Å². The molecule has 0 spiro atoms. The molecule has 0 aliphatic heterocycles. The van der Waals surface area contributed by atoms with Crippen molar-refractivity contribution in [3.63, 3.8) is 0 Å². The lowest BCUT2D eigenvalue weighted by molar-refractivity contribution is 1.33. The Morgan fingerprint density at radius 2 is 1.29 bits per heavy atom. The maximum Gasteiger partial charge on any atom is 0.0314 e. The van der Waals surface area contributed by atoms with Crippen molar-refractivity contribution in [2.45, 2.75) is 0 Å². The molecule has 0 amide bonds. The first-order valence-corrected chi connectivity index (χ1v) is 4.12. The van der Waals surface area contributed by atoms with E-state index < -0.39 is 0 Å². The van der Waals surface area contributed by atoms with Crippen LogP contribution in [0.5, 0.6) is 0 Å². The summed E-state index contributed by atoms with van der Waals surface area (Å²) in [4.78, 5) is 3.96. The molecule has 0 aliphatic carbocycles. The lowest BCUT2D eigenvalue weighted by atomic mass is 10.1.